The fourth-order valence-corrected chi connectivity index (χ4v) is 4.43. The number of carbonyl (C=O) groups is 1. The van der Waals surface area contributed by atoms with Crippen LogP contribution in [0.3, 0.4) is 0 Å². The zero-order chi connectivity index (χ0) is 22.7. The highest BCUT2D eigenvalue weighted by Crippen LogP contribution is 2.40. The maximum Gasteiger partial charge on any atom is 0.295 e. The van der Waals surface area contributed by atoms with Crippen LogP contribution >= 0.6 is 23.4 Å². The van der Waals surface area contributed by atoms with Crippen LogP contribution in [0.2, 0.25) is 5.02 Å². The Balaban J connectivity index is 1.48. The molecule has 0 aliphatic heterocycles. The summed E-state index contributed by atoms with van der Waals surface area (Å²) < 4.78 is 1.78. The average Bonchev–Trinajstić information content (AvgIpc) is 3.08. The molecule has 162 valence electrons. The van der Waals surface area contributed by atoms with Gasteiger partial charge in [0.05, 0.1) is 5.52 Å². The van der Waals surface area contributed by atoms with Gasteiger partial charge in [0.2, 0.25) is 5.88 Å². The number of halogens is 1. The normalized spacial score (nSPS) is 11.6. The molecule has 0 fully saturated rings. The van der Waals surface area contributed by atoms with Gasteiger partial charge in [-0.25, -0.2) is 0 Å². The van der Waals surface area contributed by atoms with E-state index in [0.29, 0.717) is 16.3 Å². The van der Waals surface area contributed by atoms with Gasteiger partial charge in [-0.05, 0) is 61.9 Å². The molecule has 4 aromatic rings. The summed E-state index contributed by atoms with van der Waals surface area (Å²) in [5.41, 5.74) is 2.69. The topological polar surface area (TPSA) is 66.9 Å². The lowest BCUT2D eigenvalue weighted by Crippen LogP contribution is -1.98. The molecular weight excluding hydrogens is 442 g/mol. The van der Waals surface area contributed by atoms with E-state index < -0.39 is 5.91 Å². The van der Waals surface area contributed by atoms with Gasteiger partial charge in [0.25, 0.3) is 5.91 Å². The average molecular weight is 464 g/mol. The molecule has 1 heterocycles. The lowest BCUT2D eigenvalue weighted by Gasteiger charge is -2.10. The predicted molar refractivity (Wildman–Crippen MR) is 130 cm³/mol. The largest absolute Gasteiger partial charge is 0.493 e. The highest BCUT2D eigenvalue weighted by Gasteiger charge is 2.18. The molecule has 7 heteroatoms. The Morgan fingerprint density at radius 2 is 1.72 bits per heavy atom. The first-order valence-corrected chi connectivity index (χ1v) is 11.6. The summed E-state index contributed by atoms with van der Waals surface area (Å²) in [4.78, 5) is 13.7. The van der Waals surface area contributed by atoms with E-state index in [9.17, 15) is 9.90 Å². The van der Waals surface area contributed by atoms with Crippen molar-refractivity contribution in [2.24, 2.45) is 10.2 Å². The molecule has 0 saturated carbocycles. The number of carbonyl (C=O) groups excluding carboxylic acids is 1. The van der Waals surface area contributed by atoms with Crippen LogP contribution in [0.1, 0.15) is 35.8 Å². The van der Waals surface area contributed by atoms with E-state index in [0.717, 1.165) is 27.1 Å². The van der Waals surface area contributed by atoms with Crippen LogP contribution in [0.5, 0.6) is 5.88 Å². The monoisotopic (exact) mass is 463 g/mol. The van der Waals surface area contributed by atoms with Crippen molar-refractivity contribution in [2.75, 3.05) is 0 Å². The Morgan fingerprint density at radius 1 is 1.03 bits per heavy atom. The van der Waals surface area contributed by atoms with Crippen molar-refractivity contribution in [1.29, 1.82) is 0 Å². The smallest absolute Gasteiger partial charge is 0.295 e. The van der Waals surface area contributed by atoms with Crippen molar-refractivity contribution < 1.29 is 9.90 Å². The van der Waals surface area contributed by atoms with Crippen molar-refractivity contribution in [1.82, 2.24) is 4.57 Å². The molecule has 0 radical (unpaired) electrons. The molecule has 4 rings (SSSR count). The number of para-hydroxylation sites is 1. The lowest BCUT2D eigenvalue weighted by atomic mass is 10.1. The molecule has 5 nitrogen and oxygen atoms in total. The zero-order valence-electron chi connectivity index (χ0n) is 17.7. The highest BCUT2D eigenvalue weighted by molar-refractivity contribution is 7.98. The van der Waals surface area contributed by atoms with Crippen LogP contribution in [-0.4, -0.2) is 15.6 Å². The Hall–Kier alpha value is -3.09. The highest BCUT2D eigenvalue weighted by atomic mass is 35.5. The maximum atomic E-state index is 12.6. The van der Waals surface area contributed by atoms with Gasteiger partial charge in [-0.15, -0.1) is 22.0 Å². The minimum Gasteiger partial charge on any atom is -0.493 e. The van der Waals surface area contributed by atoms with Crippen molar-refractivity contribution in [3.63, 3.8) is 0 Å². The number of hydrogen-bond acceptors (Lipinski definition) is 4. The van der Waals surface area contributed by atoms with Crippen LogP contribution < -0.4 is 0 Å². The van der Waals surface area contributed by atoms with E-state index >= 15 is 0 Å². The number of aromatic hydroxyl groups is 1. The minimum absolute atomic E-state index is 0.00678. The van der Waals surface area contributed by atoms with Crippen LogP contribution in [0, 0.1) is 0 Å². The molecule has 0 spiro atoms. The molecule has 1 amide bonds. The van der Waals surface area contributed by atoms with Gasteiger partial charge in [0.15, 0.2) is 5.69 Å². The number of nitrogens with zero attached hydrogens (tertiary/aromatic N) is 3. The van der Waals surface area contributed by atoms with Crippen LogP contribution in [-0.2, 0) is 5.75 Å². The Bertz CT molecular complexity index is 1280. The van der Waals surface area contributed by atoms with Gasteiger partial charge in [0.1, 0.15) is 0 Å². The summed E-state index contributed by atoms with van der Waals surface area (Å²) in [5, 5.41) is 20.1. The molecule has 0 aliphatic rings. The van der Waals surface area contributed by atoms with Gasteiger partial charge >= 0.3 is 0 Å². The second kappa shape index (κ2) is 9.59. The van der Waals surface area contributed by atoms with E-state index in [1.807, 2.05) is 74.5 Å². The molecule has 3 aromatic carbocycles. The second-order valence-electron chi connectivity index (χ2n) is 7.60. The molecule has 32 heavy (non-hydrogen) atoms. The van der Waals surface area contributed by atoms with Crippen molar-refractivity contribution in [2.45, 2.75) is 30.5 Å². The van der Waals surface area contributed by atoms with Crippen molar-refractivity contribution in [3.8, 4) is 5.88 Å². The second-order valence-corrected chi connectivity index (χ2v) is 9.08. The summed E-state index contributed by atoms with van der Waals surface area (Å²) in [6.45, 7) is 3.95. The number of thioether (sulfide) groups is 1. The number of benzene rings is 3. The van der Waals surface area contributed by atoms with Crippen LogP contribution in [0.4, 0.5) is 5.69 Å². The van der Waals surface area contributed by atoms with E-state index in [4.69, 9.17) is 11.6 Å². The van der Waals surface area contributed by atoms with Crippen LogP contribution in [0.25, 0.3) is 10.9 Å². The van der Waals surface area contributed by atoms with Crippen LogP contribution in [0.15, 0.2) is 87.9 Å². The Kier molecular flexibility index (Phi) is 6.63. The Labute approximate surface area is 195 Å². The first-order valence-electron chi connectivity index (χ1n) is 10.2. The summed E-state index contributed by atoms with van der Waals surface area (Å²) in [6.07, 6.45) is 0. The number of azo groups is 1. The van der Waals surface area contributed by atoms with E-state index in [-0.39, 0.29) is 11.9 Å². The predicted octanol–water partition coefficient (Wildman–Crippen LogP) is 7.80. The SMILES string of the molecule is CC(C)n1c(O)c(N=NC(=O)c2ccc(CSc3ccc(Cl)cc3)cc2)c2ccccc21. The molecular formula is C25H22ClN3O2S. The lowest BCUT2D eigenvalue weighted by molar-refractivity contribution is 0.0995. The fraction of sp³-hybridized carbons (Fsp3) is 0.160. The van der Waals surface area contributed by atoms with Gasteiger partial charge in [-0.3, -0.25) is 4.79 Å². The van der Waals surface area contributed by atoms with E-state index in [2.05, 4.69) is 10.2 Å². The number of amides is 1. The van der Waals surface area contributed by atoms with Crippen molar-refractivity contribution in [3.05, 3.63) is 88.9 Å². The first kappa shape index (κ1) is 22.1. The standard InChI is InChI=1S/C25H22ClN3O2S/c1-16(2)29-22-6-4-3-5-21(22)23(25(29)31)27-28-24(30)18-9-7-17(8-10-18)15-32-20-13-11-19(26)12-14-20/h3-14,16,31H,15H2,1-2H3. The van der Waals surface area contributed by atoms with Gasteiger partial charge in [0, 0.05) is 32.7 Å². The molecule has 0 atom stereocenters. The van der Waals surface area contributed by atoms with Gasteiger partial charge in [-0.2, -0.15) is 0 Å². The summed E-state index contributed by atoms with van der Waals surface area (Å²) in [5.74, 6) is 0.329. The zero-order valence-corrected chi connectivity index (χ0v) is 19.3. The van der Waals surface area contributed by atoms with E-state index in [1.165, 1.54) is 0 Å². The summed E-state index contributed by atoms with van der Waals surface area (Å²) in [7, 11) is 0. The van der Waals surface area contributed by atoms with Gasteiger partial charge in [-0.1, -0.05) is 41.9 Å². The molecule has 1 aromatic heterocycles. The van der Waals surface area contributed by atoms with E-state index in [1.54, 1.807) is 28.5 Å². The first-order chi connectivity index (χ1) is 15.4. The number of fused-ring (bicyclic) bond motifs is 1. The van der Waals surface area contributed by atoms with Crippen molar-refractivity contribution >= 4 is 45.9 Å². The maximum absolute atomic E-state index is 12.6. The van der Waals surface area contributed by atoms with Gasteiger partial charge < -0.3 is 9.67 Å². The molecule has 0 aliphatic carbocycles. The third-order valence-corrected chi connectivity index (χ3v) is 6.37. The number of aromatic nitrogens is 1. The molecule has 0 unspecified atom stereocenters. The number of rotatable bonds is 6. The minimum atomic E-state index is -0.456. The fourth-order valence-electron chi connectivity index (χ4n) is 3.45. The molecule has 0 bridgehead atoms. The summed E-state index contributed by atoms with van der Waals surface area (Å²) in [6, 6.07) is 22.6. The third-order valence-electron chi connectivity index (χ3n) is 5.04. The number of hydrogen-bond donors (Lipinski definition) is 1. The third kappa shape index (κ3) is 4.71. The molecule has 0 saturated heterocycles. The Morgan fingerprint density at radius 3 is 2.41 bits per heavy atom. The molecule has 1 N–H and O–H groups in total. The summed E-state index contributed by atoms with van der Waals surface area (Å²) >= 11 is 7.62. The quantitative estimate of drug-likeness (QED) is 0.234.